The summed E-state index contributed by atoms with van der Waals surface area (Å²) in [5.74, 6) is 0.649. The van der Waals surface area contributed by atoms with E-state index in [0.29, 0.717) is 30.2 Å². The number of amides is 1. The lowest BCUT2D eigenvalue weighted by atomic mass is 10.1. The molecule has 0 aliphatic rings. The van der Waals surface area contributed by atoms with Gasteiger partial charge in [0.25, 0.3) is 5.91 Å². The monoisotopic (exact) mass is 399 g/mol. The minimum absolute atomic E-state index is 0.00102. The zero-order valence-corrected chi connectivity index (χ0v) is 16.5. The number of nitrogens with zero attached hydrogens (tertiary/aromatic N) is 2. The molecule has 0 aliphatic carbocycles. The van der Waals surface area contributed by atoms with Gasteiger partial charge < -0.3 is 14.8 Å². The summed E-state index contributed by atoms with van der Waals surface area (Å²) in [4.78, 5) is 16.4. The number of carbonyl (C=O) groups is 1. The van der Waals surface area contributed by atoms with E-state index in [1.807, 2.05) is 42.5 Å². The van der Waals surface area contributed by atoms with Crippen molar-refractivity contribution in [3.8, 4) is 17.6 Å². The zero-order chi connectivity index (χ0) is 21.2. The first-order valence-electron chi connectivity index (χ1n) is 9.33. The summed E-state index contributed by atoms with van der Waals surface area (Å²) in [5.41, 5.74) is 2.55. The Labute approximate surface area is 175 Å². The van der Waals surface area contributed by atoms with E-state index in [9.17, 15) is 10.1 Å². The van der Waals surface area contributed by atoms with E-state index in [1.54, 1.807) is 43.8 Å². The van der Waals surface area contributed by atoms with Crippen molar-refractivity contribution in [2.24, 2.45) is 0 Å². The Kier molecular flexibility index (Phi) is 7.17. The Morgan fingerprint density at radius 3 is 2.60 bits per heavy atom. The van der Waals surface area contributed by atoms with Gasteiger partial charge in [0.05, 0.1) is 7.11 Å². The first kappa shape index (κ1) is 20.6. The fourth-order valence-electron chi connectivity index (χ4n) is 2.72. The topological polar surface area (TPSA) is 84.2 Å². The summed E-state index contributed by atoms with van der Waals surface area (Å²) in [5, 5.41) is 12.1. The molecule has 1 amide bonds. The largest absolute Gasteiger partial charge is 0.493 e. The zero-order valence-electron chi connectivity index (χ0n) is 16.5. The number of hydrogen-bond acceptors (Lipinski definition) is 5. The van der Waals surface area contributed by atoms with E-state index in [0.717, 1.165) is 11.1 Å². The Hall–Kier alpha value is -4.11. The fraction of sp³-hybridized carbons (Fsp3) is 0.125. The van der Waals surface area contributed by atoms with Crippen LogP contribution in [0.15, 0.2) is 78.6 Å². The highest BCUT2D eigenvalue weighted by molar-refractivity contribution is 6.01. The van der Waals surface area contributed by atoms with Crippen LogP contribution < -0.4 is 14.8 Å². The van der Waals surface area contributed by atoms with E-state index < -0.39 is 5.91 Å². The molecule has 1 heterocycles. The maximum Gasteiger partial charge on any atom is 0.262 e. The molecule has 1 N–H and O–H groups in total. The molecule has 0 radical (unpaired) electrons. The number of rotatable bonds is 8. The molecule has 30 heavy (non-hydrogen) atoms. The molecular weight excluding hydrogens is 378 g/mol. The molecule has 6 heteroatoms. The third-order valence-electron chi connectivity index (χ3n) is 4.28. The second-order valence-corrected chi connectivity index (χ2v) is 6.40. The average molecular weight is 399 g/mol. The van der Waals surface area contributed by atoms with Gasteiger partial charge in [0.1, 0.15) is 18.2 Å². The van der Waals surface area contributed by atoms with E-state index in [-0.39, 0.29) is 5.57 Å². The van der Waals surface area contributed by atoms with Crippen molar-refractivity contribution in [2.75, 3.05) is 7.11 Å². The number of ether oxygens (including phenoxy) is 2. The van der Waals surface area contributed by atoms with Gasteiger partial charge in [-0.2, -0.15) is 5.26 Å². The maximum atomic E-state index is 12.4. The molecule has 150 valence electrons. The Balaban J connectivity index is 1.69. The van der Waals surface area contributed by atoms with Crippen LogP contribution >= 0.6 is 0 Å². The number of methoxy groups -OCH3 is 1. The van der Waals surface area contributed by atoms with Crippen LogP contribution in [0.25, 0.3) is 6.08 Å². The van der Waals surface area contributed by atoms with Gasteiger partial charge in [-0.25, -0.2) is 0 Å². The highest BCUT2D eigenvalue weighted by Crippen LogP contribution is 2.29. The summed E-state index contributed by atoms with van der Waals surface area (Å²) < 4.78 is 11.3. The molecule has 0 saturated heterocycles. The SMILES string of the molecule is COc1cc(/C=C(\C#N)C(=O)NCc2cccnc2)ccc1OCc1ccccc1. The molecule has 0 spiro atoms. The van der Waals surface area contributed by atoms with Crippen molar-refractivity contribution in [1.82, 2.24) is 10.3 Å². The molecule has 0 bridgehead atoms. The number of carbonyl (C=O) groups excluding carboxylic acids is 1. The lowest BCUT2D eigenvalue weighted by Gasteiger charge is -2.11. The van der Waals surface area contributed by atoms with Gasteiger partial charge in [-0.3, -0.25) is 9.78 Å². The molecule has 1 aromatic heterocycles. The molecule has 0 aliphatic heterocycles. The van der Waals surface area contributed by atoms with Gasteiger partial charge in [-0.05, 0) is 41.0 Å². The molecule has 3 rings (SSSR count). The molecule has 0 fully saturated rings. The molecule has 0 unspecified atom stereocenters. The van der Waals surface area contributed by atoms with Crippen LogP contribution in [0.4, 0.5) is 0 Å². The molecular formula is C24H21N3O3. The first-order valence-corrected chi connectivity index (χ1v) is 9.33. The lowest BCUT2D eigenvalue weighted by molar-refractivity contribution is -0.117. The molecule has 6 nitrogen and oxygen atoms in total. The highest BCUT2D eigenvalue weighted by Gasteiger charge is 2.11. The van der Waals surface area contributed by atoms with Crippen molar-refractivity contribution in [3.05, 3.63) is 95.3 Å². The number of nitrogens with one attached hydrogen (secondary N) is 1. The number of pyridine rings is 1. The third-order valence-corrected chi connectivity index (χ3v) is 4.28. The third kappa shape index (κ3) is 5.69. The summed E-state index contributed by atoms with van der Waals surface area (Å²) in [6, 6.07) is 20.7. The van der Waals surface area contributed by atoms with Crippen LogP contribution in [0.5, 0.6) is 11.5 Å². The highest BCUT2D eigenvalue weighted by atomic mass is 16.5. The van der Waals surface area contributed by atoms with Crippen LogP contribution in [-0.2, 0) is 17.9 Å². The normalized spacial score (nSPS) is 10.7. The van der Waals surface area contributed by atoms with Crippen LogP contribution in [0.1, 0.15) is 16.7 Å². The lowest BCUT2D eigenvalue weighted by Crippen LogP contribution is -2.24. The van der Waals surface area contributed by atoms with Crippen LogP contribution in [-0.4, -0.2) is 18.0 Å². The first-order chi connectivity index (χ1) is 14.7. The Bertz CT molecular complexity index is 1060. The number of aromatic nitrogens is 1. The summed E-state index contributed by atoms with van der Waals surface area (Å²) in [6.45, 7) is 0.702. The van der Waals surface area contributed by atoms with Crippen molar-refractivity contribution < 1.29 is 14.3 Å². The van der Waals surface area contributed by atoms with Gasteiger partial charge in [-0.1, -0.05) is 42.5 Å². The summed E-state index contributed by atoms with van der Waals surface area (Å²) in [7, 11) is 1.55. The average Bonchev–Trinajstić information content (AvgIpc) is 2.81. The van der Waals surface area contributed by atoms with Crippen LogP contribution in [0.2, 0.25) is 0 Å². The van der Waals surface area contributed by atoms with Gasteiger partial charge in [-0.15, -0.1) is 0 Å². The van der Waals surface area contributed by atoms with Crippen LogP contribution in [0, 0.1) is 11.3 Å². The molecule has 0 saturated carbocycles. The number of nitriles is 1. The van der Waals surface area contributed by atoms with E-state index >= 15 is 0 Å². The maximum absolute atomic E-state index is 12.4. The van der Waals surface area contributed by atoms with Gasteiger partial charge in [0, 0.05) is 18.9 Å². The van der Waals surface area contributed by atoms with Gasteiger partial charge >= 0.3 is 0 Å². The van der Waals surface area contributed by atoms with Crippen molar-refractivity contribution in [2.45, 2.75) is 13.2 Å². The van der Waals surface area contributed by atoms with E-state index in [4.69, 9.17) is 9.47 Å². The van der Waals surface area contributed by atoms with Crippen LogP contribution in [0.3, 0.4) is 0 Å². The summed E-state index contributed by atoms with van der Waals surface area (Å²) in [6.07, 6.45) is 4.84. The summed E-state index contributed by atoms with van der Waals surface area (Å²) >= 11 is 0. The predicted octanol–water partition coefficient (Wildman–Crippen LogP) is 3.89. The van der Waals surface area contributed by atoms with Crippen molar-refractivity contribution in [3.63, 3.8) is 0 Å². The Morgan fingerprint density at radius 2 is 1.90 bits per heavy atom. The predicted molar refractivity (Wildman–Crippen MR) is 113 cm³/mol. The second-order valence-electron chi connectivity index (χ2n) is 6.40. The Morgan fingerprint density at radius 1 is 1.10 bits per heavy atom. The fourth-order valence-corrected chi connectivity index (χ4v) is 2.72. The number of benzene rings is 2. The number of hydrogen-bond donors (Lipinski definition) is 1. The standard InChI is InChI=1S/C24H21N3O3/c1-29-23-13-19(9-10-22(23)30-17-18-6-3-2-4-7-18)12-21(14-25)24(28)27-16-20-8-5-11-26-15-20/h2-13,15H,16-17H2,1H3,(H,27,28)/b21-12+. The smallest absolute Gasteiger partial charge is 0.262 e. The minimum atomic E-state index is -0.454. The van der Waals surface area contributed by atoms with E-state index in [2.05, 4.69) is 10.3 Å². The van der Waals surface area contributed by atoms with Gasteiger partial charge in [0.15, 0.2) is 11.5 Å². The molecule has 2 aromatic carbocycles. The van der Waals surface area contributed by atoms with Crippen molar-refractivity contribution in [1.29, 1.82) is 5.26 Å². The second kappa shape index (κ2) is 10.4. The molecule has 0 atom stereocenters. The minimum Gasteiger partial charge on any atom is -0.493 e. The van der Waals surface area contributed by atoms with Crippen molar-refractivity contribution >= 4 is 12.0 Å². The molecule has 3 aromatic rings. The quantitative estimate of drug-likeness (QED) is 0.459. The van der Waals surface area contributed by atoms with Gasteiger partial charge in [0.2, 0.25) is 0 Å². The van der Waals surface area contributed by atoms with E-state index in [1.165, 1.54) is 6.08 Å².